The van der Waals surface area contributed by atoms with Crippen molar-refractivity contribution in [3.63, 3.8) is 0 Å². The average molecular weight is 263 g/mol. The highest BCUT2D eigenvalue weighted by atomic mass is 79.9. The maximum atomic E-state index is 11.0. The summed E-state index contributed by atoms with van der Waals surface area (Å²) >= 11 is 8.72. The third-order valence-corrected chi connectivity index (χ3v) is 2.00. The van der Waals surface area contributed by atoms with Crippen molar-refractivity contribution >= 4 is 39.3 Å². The van der Waals surface area contributed by atoms with Crippen molar-refractivity contribution in [3.8, 4) is 0 Å². The monoisotopic (exact) mass is 262 g/mol. The third-order valence-electron chi connectivity index (χ3n) is 1.32. The lowest BCUT2D eigenvalue weighted by atomic mass is 10.1. The zero-order chi connectivity index (χ0) is 10.0. The fourth-order valence-electron chi connectivity index (χ4n) is 0.808. The number of carboxylic acid groups (broad SMARTS) is 1. The second-order valence-electron chi connectivity index (χ2n) is 2.29. The molecule has 1 rings (SSSR count). The SMILES string of the molecule is O=C(O)C(=O)c1cc(Cl)cc(Br)c1. The molecule has 0 aromatic heterocycles. The Morgan fingerprint density at radius 1 is 1.31 bits per heavy atom. The lowest BCUT2D eigenvalue weighted by Gasteiger charge is -1.98. The molecule has 1 aromatic carbocycles. The molecule has 0 saturated heterocycles. The Bertz CT molecular complexity index is 355. The molecule has 0 aliphatic carbocycles. The van der Waals surface area contributed by atoms with Gasteiger partial charge >= 0.3 is 5.97 Å². The van der Waals surface area contributed by atoms with Gasteiger partial charge in [0.05, 0.1) is 0 Å². The van der Waals surface area contributed by atoms with Crippen LogP contribution >= 0.6 is 27.5 Å². The minimum absolute atomic E-state index is 0.0619. The van der Waals surface area contributed by atoms with Crippen LogP contribution < -0.4 is 0 Å². The Morgan fingerprint density at radius 3 is 2.38 bits per heavy atom. The highest BCUT2D eigenvalue weighted by Crippen LogP contribution is 2.19. The first-order valence-electron chi connectivity index (χ1n) is 3.24. The zero-order valence-electron chi connectivity index (χ0n) is 6.25. The van der Waals surface area contributed by atoms with Crippen LogP contribution in [-0.2, 0) is 4.79 Å². The van der Waals surface area contributed by atoms with E-state index in [1.165, 1.54) is 12.1 Å². The van der Waals surface area contributed by atoms with Gasteiger partial charge < -0.3 is 5.11 Å². The van der Waals surface area contributed by atoms with E-state index in [-0.39, 0.29) is 5.56 Å². The molecular formula is C8H4BrClO3. The van der Waals surface area contributed by atoms with Gasteiger partial charge in [0.15, 0.2) is 0 Å². The van der Waals surface area contributed by atoms with E-state index in [1.54, 1.807) is 6.07 Å². The van der Waals surface area contributed by atoms with E-state index in [2.05, 4.69) is 15.9 Å². The van der Waals surface area contributed by atoms with Crippen LogP contribution in [0.5, 0.6) is 0 Å². The molecule has 0 aliphatic heterocycles. The van der Waals surface area contributed by atoms with Crippen molar-refractivity contribution in [2.45, 2.75) is 0 Å². The predicted octanol–water partition coefficient (Wildman–Crippen LogP) is 2.37. The van der Waals surface area contributed by atoms with Crippen molar-refractivity contribution in [2.24, 2.45) is 0 Å². The molecule has 0 amide bonds. The number of Topliss-reactive ketones (excluding diaryl/α,β-unsaturated/α-hetero) is 1. The molecule has 68 valence electrons. The van der Waals surface area contributed by atoms with Gasteiger partial charge in [-0.05, 0) is 18.2 Å². The maximum Gasteiger partial charge on any atom is 0.377 e. The zero-order valence-corrected chi connectivity index (χ0v) is 8.59. The molecule has 5 heteroatoms. The van der Waals surface area contributed by atoms with Gasteiger partial charge in [-0.15, -0.1) is 0 Å². The maximum absolute atomic E-state index is 11.0. The molecule has 3 nitrogen and oxygen atoms in total. The van der Waals surface area contributed by atoms with Crippen LogP contribution in [-0.4, -0.2) is 16.9 Å². The minimum atomic E-state index is -1.49. The Labute approximate surface area is 87.4 Å². The number of halogens is 2. The molecule has 0 unspecified atom stereocenters. The van der Waals surface area contributed by atoms with E-state index < -0.39 is 11.8 Å². The van der Waals surface area contributed by atoms with Gasteiger partial charge in [-0.2, -0.15) is 0 Å². The number of hydrogen-bond acceptors (Lipinski definition) is 2. The number of aliphatic carboxylic acids is 1. The highest BCUT2D eigenvalue weighted by Gasteiger charge is 2.15. The average Bonchev–Trinajstić information content (AvgIpc) is 2.01. The molecule has 1 aromatic rings. The summed E-state index contributed by atoms with van der Waals surface area (Å²) in [7, 11) is 0. The first-order valence-corrected chi connectivity index (χ1v) is 4.41. The third kappa shape index (κ3) is 2.54. The van der Waals surface area contributed by atoms with E-state index >= 15 is 0 Å². The molecule has 0 aliphatic rings. The summed E-state index contributed by atoms with van der Waals surface area (Å²) in [6, 6.07) is 4.28. The standard InChI is InChI=1S/C8H4BrClO3/c9-5-1-4(2-6(10)3-5)7(11)8(12)13/h1-3H,(H,12,13). The van der Waals surface area contributed by atoms with Crippen LogP contribution in [0.15, 0.2) is 22.7 Å². The van der Waals surface area contributed by atoms with Crippen molar-refractivity contribution < 1.29 is 14.7 Å². The van der Waals surface area contributed by atoms with Crippen molar-refractivity contribution in [1.29, 1.82) is 0 Å². The van der Waals surface area contributed by atoms with E-state index in [0.717, 1.165) is 0 Å². The summed E-state index contributed by atoms with van der Waals surface area (Å²) in [5.41, 5.74) is 0.0619. The Kier molecular flexibility index (Phi) is 3.06. The topological polar surface area (TPSA) is 54.4 Å². The van der Waals surface area contributed by atoms with Gasteiger partial charge in [0.2, 0.25) is 0 Å². The van der Waals surface area contributed by atoms with Gasteiger partial charge in [0.1, 0.15) is 0 Å². The van der Waals surface area contributed by atoms with Crippen molar-refractivity contribution in [2.75, 3.05) is 0 Å². The second kappa shape index (κ2) is 3.89. The largest absolute Gasteiger partial charge is 0.475 e. The van der Waals surface area contributed by atoms with Crippen LogP contribution in [0.25, 0.3) is 0 Å². The number of hydrogen-bond donors (Lipinski definition) is 1. The molecule has 0 fully saturated rings. The molecule has 0 saturated carbocycles. The number of ketones is 1. The Balaban J connectivity index is 3.15. The minimum Gasteiger partial charge on any atom is -0.475 e. The number of carbonyl (C=O) groups is 2. The predicted molar refractivity (Wildman–Crippen MR) is 51.1 cm³/mol. The summed E-state index contributed by atoms with van der Waals surface area (Å²) in [6.45, 7) is 0. The molecule has 0 heterocycles. The van der Waals surface area contributed by atoms with E-state index in [4.69, 9.17) is 16.7 Å². The first kappa shape index (κ1) is 10.2. The second-order valence-corrected chi connectivity index (χ2v) is 3.64. The molecule has 13 heavy (non-hydrogen) atoms. The van der Waals surface area contributed by atoms with Gasteiger partial charge in [-0.3, -0.25) is 4.79 Å². The number of rotatable bonds is 2. The summed E-state index contributed by atoms with van der Waals surface area (Å²) in [5, 5.41) is 8.73. The fourth-order valence-corrected chi connectivity index (χ4v) is 1.67. The van der Waals surface area contributed by atoms with Crippen LogP contribution in [0.4, 0.5) is 0 Å². The van der Waals surface area contributed by atoms with Crippen molar-refractivity contribution in [1.82, 2.24) is 0 Å². The smallest absolute Gasteiger partial charge is 0.377 e. The summed E-state index contributed by atoms with van der Waals surface area (Å²) in [5.74, 6) is -2.46. The molecule has 1 N–H and O–H groups in total. The van der Waals surface area contributed by atoms with Gasteiger partial charge in [-0.25, -0.2) is 4.79 Å². The number of carboxylic acids is 1. The number of benzene rings is 1. The quantitative estimate of drug-likeness (QED) is 0.658. The number of carbonyl (C=O) groups excluding carboxylic acids is 1. The lowest BCUT2D eigenvalue weighted by molar-refractivity contribution is -0.131. The summed E-state index contributed by atoms with van der Waals surface area (Å²) in [4.78, 5) is 21.3. The van der Waals surface area contributed by atoms with Crippen LogP contribution in [0.1, 0.15) is 10.4 Å². The Hall–Kier alpha value is -0.870. The van der Waals surface area contributed by atoms with E-state index in [0.29, 0.717) is 9.50 Å². The van der Waals surface area contributed by atoms with Crippen molar-refractivity contribution in [3.05, 3.63) is 33.3 Å². The van der Waals surface area contributed by atoms with Gasteiger partial charge in [0, 0.05) is 15.1 Å². The highest BCUT2D eigenvalue weighted by molar-refractivity contribution is 9.10. The molecule has 0 atom stereocenters. The van der Waals surface area contributed by atoms with Gasteiger partial charge in [0.25, 0.3) is 5.78 Å². The fraction of sp³-hybridized carbons (Fsp3) is 0. The van der Waals surface area contributed by atoms with Gasteiger partial charge in [-0.1, -0.05) is 27.5 Å². The first-order chi connectivity index (χ1) is 6.00. The van der Waals surface area contributed by atoms with Crippen LogP contribution in [0.3, 0.4) is 0 Å². The van der Waals surface area contributed by atoms with Crippen LogP contribution in [0.2, 0.25) is 5.02 Å². The van der Waals surface area contributed by atoms with E-state index in [1.807, 2.05) is 0 Å². The lowest BCUT2D eigenvalue weighted by Crippen LogP contribution is -2.12. The summed E-state index contributed by atoms with van der Waals surface area (Å²) in [6.07, 6.45) is 0. The van der Waals surface area contributed by atoms with E-state index in [9.17, 15) is 9.59 Å². The molecule has 0 radical (unpaired) electrons. The molecule has 0 spiro atoms. The molecular weight excluding hydrogens is 259 g/mol. The summed E-state index contributed by atoms with van der Waals surface area (Å²) < 4.78 is 0.574. The normalized spacial score (nSPS) is 9.69. The van der Waals surface area contributed by atoms with Crippen LogP contribution in [0, 0.1) is 0 Å². The Morgan fingerprint density at radius 2 is 1.92 bits per heavy atom. The molecule has 0 bridgehead atoms.